The summed E-state index contributed by atoms with van der Waals surface area (Å²) in [5.74, 6) is 1.21. The summed E-state index contributed by atoms with van der Waals surface area (Å²) in [6.45, 7) is 2.01. The predicted octanol–water partition coefficient (Wildman–Crippen LogP) is 4.11. The Bertz CT molecular complexity index is 330. The lowest BCUT2D eigenvalue weighted by Gasteiger charge is -2.21. The Kier molecular flexibility index (Phi) is 5.19. The second-order valence-corrected chi connectivity index (χ2v) is 7.59. The lowest BCUT2D eigenvalue weighted by atomic mass is 9.87. The highest BCUT2D eigenvalue weighted by atomic mass is 35.5. The normalized spacial score (nSPS) is 34.5. The first-order chi connectivity index (χ1) is 8.96. The molecule has 2 saturated carbocycles. The molecule has 2 fully saturated rings. The van der Waals surface area contributed by atoms with Gasteiger partial charge in [0.05, 0.1) is 6.10 Å². The van der Waals surface area contributed by atoms with Crippen LogP contribution in [0.1, 0.15) is 58.3 Å². The number of aliphatic hydroxyl groups is 1. The number of halogens is 2. The fourth-order valence-electron chi connectivity index (χ4n) is 3.82. The number of hydrogen-bond donors (Lipinski definition) is 1. The van der Waals surface area contributed by atoms with Gasteiger partial charge in [-0.15, -0.1) is 0 Å². The van der Waals surface area contributed by atoms with E-state index < -0.39 is 4.33 Å². The van der Waals surface area contributed by atoms with Crippen molar-refractivity contribution in [1.82, 2.24) is 0 Å². The fourth-order valence-corrected chi connectivity index (χ4v) is 4.51. The van der Waals surface area contributed by atoms with Crippen LogP contribution in [0.2, 0.25) is 0 Å². The Hall–Kier alpha value is 0.210. The molecule has 2 rings (SSSR count). The molecule has 19 heavy (non-hydrogen) atoms. The van der Waals surface area contributed by atoms with Gasteiger partial charge in [-0.2, -0.15) is 0 Å². The van der Waals surface area contributed by atoms with Gasteiger partial charge in [0, 0.05) is 12.3 Å². The minimum absolute atomic E-state index is 0.0249. The minimum atomic E-state index is -1.11. The average Bonchev–Trinajstić information content (AvgIpc) is 2.86. The monoisotopic (exact) mass is 306 g/mol. The number of carbonyl (C=O) groups is 1. The van der Waals surface area contributed by atoms with Crippen molar-refractivity contribution in [1.29, 1.82) is 0 Å². The van der Waals surface area contributed by atoms with Crippen molar-refractivity contribution < 1.29 is 9.90 Å². The van der Waals surface area contributed by atoms with Crippen LogP contribution >= 0.6 is 23.2 Å². The van der Waals surface area contributed by atoms with Crippen LogP contribution in [0.15, 0.2) is 0 Å². The number of rotatable bonds is 6. The molecular weight excluding hydrogens is 283 g/mol. The van der Waals surface area contributed by atoms with E-state index in [2.05, 4.69) is 0 Å². The third-order valence-electron chi connectivity index (χ3n) is 5.06. The molecule has 2 aliphatic carbocycles. The summed E-state index contributed by atoms with van der Waals surface area (Å²) in [5.41, 5.74) is 0. The molecule has 4 atom stereocenters. The van der Waals surface area contributed by atoms with Crippen LogP contribution in [0.5, 0.6) is 0 Å². The number of unbranched alkanes of at least 4 members (excludes halogenated alkanes) is 1. The van der Waals surface area contributed by atoms with Crippen LogP contribution in [-0.4, -0.2) is 21.3 Å². The molecular formula is C15H24Cl2O2. The molecule has 0 radical (unpaired) electrons. The standard InChI is InChI=1S/C15H24Cl2O2/c1-2-11(18)6-4-3-5-10-7-8-13-12(10)9-14(19)15(13,16)17/h10-13,18H,2-9H2,1H3. The molecule has 2 nitrogen and oxygen atoms in total. The summed E-state index contributed by atoms with van der Waals surface area (Å²) < 4.78 is -1.11. The number of Topliss-reactive ketones (excluding diaryl/α,β-unsaturated/α-hetero) is 1. The Morgan fingerprint density at radius 3 is 2.79 bits per heavy atom. The largest absolute Gasteiger partial charge is 0.393 e. The van der Waals surface area contributed by atoms with Gasteiger partial charge in [0.1, 0.15) is 0 Å². The first-order valence-corrected chi connectivity index (χ1v) is 8.31. The van der Waals surface area contributed by atoms with E-state index in [0.717, 1.165) is 44.9 Å². The summed E-state index contributed by atoms with van der Waals surface area (Å²) in [6.07, 6.45) is 7.65. The number of hydrogen-bond acceptors (Lipinski definition) is 2. The lowest BCUT2D eigenvalue weighted by molar-refractivity contribution is -0.118. The van der Waals surface area contributed by atoms with Crippen molar-refractivity contribution in [2.45, 2.75) is 68.7 Å². The molecule has 4 unspecified atom stereocenters. The van der Waals surface area contributed by atoms with Gasteiger partial charge in [-0.05, 0) is 37.5 Å². The van der Waals surface area contributed by atoms with E-state index in [-0.39, 0.29) is 17.8 Å². The van der Waals surface area contributed by atoms with Gasteiger partial charge >= 0.3 is 0 Å². The molecule has 4 heteroatoms. The summed E-state index contributed by atoms with van der Waals surface area (Å²) in [5, 5.41) is 9.52. The summed E-state index contributed by atoms with van der Waals surface area (Å²) in [6, 6.07) is 0. The van der Waals surface area contributed by atoms with Gasteiger partial charge in [0.25, 0.3) is 0 Å². The van der Waals surface area contributed by atoms with Crippen molar-refractivity contribution in [3.05, 3.63) is 0 Å². The maximum absolute atomic E-state index is 11.8. The van der Waals surface area contributed by atoms with Crippen molar-refractivity contribution in [3.8, 4) is 0 Å². The third kappa shape index (κ3) is 3.28. The molecule has 0 saturated heterocycles. The van der Waals surface area contributed by atoms with Crippen LogP contribution in [0.4, 0.5) is 0 Å². The van der Waals surface area contributed by atoms with E-state index in [1.54, 1.807) is 0 Å². The zero-order chi connectivity index (χ0) is 14.0. The molecule has 2 aliphatic rings. The number of ketones is 1. The SMILES string of the molecule is CCC(O)CCCCC1CCC2C1CC(=O)C2(Cl)Cl. The average molecular weight is 307 g/mol. The molecule has 0 aromatic carbocycles. The first kappa shape index (κ1) is 15.6. The first-order valence-electron chi connectivity index (χ1n) is 7.56. The van der Waals surface area contributed by atoms with Crippen molar-refractivity contribution in [3.63, 3.8) is 0 Å². The molecule has 1 N–H and O–H groups in total. The van der Waals surface area contributed by atoms with Crippen molar-refractivity contribution in [2.75, 3.05) is 0 Å². The van der Waals surface area contributed by atoms with E-state index in [9.17, 15) is 9.90 Å². The maximum atomic E-state index is 11.8. The van der Waals surface area contributed by atoms with Crippen molar-refractivity contribution >= 4 is 29.0 Å². The second-order valence-electron chi connectivity index (χ2n) is 6.20. The van der Waals surface area contributed by atoms with Crippen LogP contribution in [-0.2, 0) is 4.79 Å². The highest BCUT2D eigenvalue weighted by molar-refractivity contribution is 6.59. The quantitative estimate of drug-likeness (QED) is 0.592. The van der Waals surface area contributed by atoms with Crippen LogP contribution in [0, 0.1) is 17.8 Å². The second kappa shape index (κ2) is 6.32. The number of alkyl halides is 2. The highest BCUT2D eigenvalue weighted by Crippen LogP contribution is 2.56. The predicted molar refractivity (Wildman–Crippen MR) is 78.5 cm³/mol. The molecule has 0 bridgehead atoms. The highest BCUT2D eigenvalue weighted by Gasteiger charge is 2.57. The van der Waals surface area contributed by atoms with E-state index in [1.807, 2.05) is 6.92 Å². The molecule has 0 amide bonds. The van der Waals surface area contributed by atoms with Gasteiger partial charge in [-0.1, -0.05) is 49.4 Å². The zero-order valence-corrected chi connectivity index (χ0v) is 13.1. The maximum Gasteiger partial charge on any atom is 0.178 e. The minimum Gasteiger partial charge on any atom is -0.393 e. The Morgan fingerprint density at radius 1 is 1.37 bits per heavy atom. The van der Waals surface area contributed by atoms with E-state index in [4.69, 9.17) is 23.2 Å². The number of fused-ring (bicyclic) bond motifs is 1. The topological polar surface area (TPSA) is 37.3 Å². The number of aliphatic hydroxyl groups excluding tert-OH is 1. The summed E-state index contributed by atoms with van der Waals surface area (Å²) in [4.78, 5) is 11.8. The number of carbonyl (C=O) groups excluding carboxylic acids is 1. The fraction of sp³-hybridized carbons (Fsp3) is 0.933. The van der Waals surface area contributed by atoms with Gasteiger partial charge in [-0.3, -0.25) is 4.79 Å². The molecule has 0 heterocycles. The van der Waals surface area contributed by atoms with Gasteiger partial charge in [0.2, 0.25) is 0 Å². The zero-order valence-electron chi connectivity index (χ0n) is 11.6. The van der Waals surface area contributed by atoms with Crippen LogP contribution < -0.4 is 0 Å². The lowest BCUT2D eigenvalue weighted by Crippen LogP contribution is -2.26. The Balaban J connectivity index is 1.77. The summed E-state index contributed by atoms with van der Waals surface area (Å²) >= 11 is 12.4. The van der Waals surface area contributed by atoms with Gasteiger partial charge in [-0.25, -0.2) is 0 Å². The molecule has 110 valence electrons. The van der Waals surface area contributed by atoms with Gasteiger partial charge in [0.15, 0.2) is 10.1 Å². The van der Waals surface area contributed by atoms with E-state index in [1.165, 1.54) is 0 Å². The van der Waals surface area contributed by atoms with Crippen molar-refractivity contribution in [2.24, 2.45) is 17.8 Å². The van der Waals surface area contributed by atoms with E-state index in [0.29, 0.717) is 18.3 Å². The van der Waals surface area contributed by atoms with E-state index >= 15 is 0 Å². The Morgan fingerprint density at radius 2 is 2.11 bits per heavy atom. The van der Waals surface area contributed by atoms with Crippen LogP contribution in [0.3, 0.4) is 0 Å². The van der Waals surface area contributed by atoms with Gasteiger partial charge < -0.3 is 5.11 Å². The van der Waals surface area contributed by atoms with Crippen LogP contribution in [0.25, 0.3) is 0 Å². The molecule has 0 spiro atoms. The smallest absolute Gasteiger partial charge is 0.178 e. The molecule has 0 aliphatic heterocycles. The molecule has 0 aromatic rings. The Labute approximate surface area is 125 Å². The molecule has 0 aromatic heterocycles. The third-order valence-corrected chi connectivity index (χ3v) is 6.05. The summed E-state index contributed by atoms with van der Waals surface area (Å²) in [7, 11) is 0.